The number of carbonyl (C=O) groups is 1. The van der Waals surface area contributed by atoms with Crippen molar-refractivity contribution < 1.29 is 9.90 Å². The SMILES string of the molecule is CC(O)CC(C)(C)CNC(=O)C1CCNC1. The maximum absolute atomic E-state index is 11.8. The second-order valence-electron chi connectivity index (χ2n) is 5.62. The van der Waals surface area contributed by atoms with Crippen molar-refractivity contribution in [3.05, 3.63) is 0 Å². The van der Waals surface area contributed by atoms with Gasteiger partial charge in [0.2, 0.25) is 5.91 Å². The molecule has 2 unspecified atom stereocenters. The van der Waals surface area contributed by atoms with Crippen molar-refractivity contribution in [2.75, 3.05) is 19.6 Å². The summed E-state index contributed by atoms with van der Waals surface area (Å²) < 4.78 is 0. The summed E-state index contributed by atoms with van der Waals surface area (Å²) >= 11 is 0. The summed E-state index contributed by atoms with van der Waals surface area (Å²) in [5.41, 5.74) is -0.0458. The molecule has 1 aliphatic heterocycles. The van der Waals surface area contributed by atoms with Gasteiger partial charge in [-0.3, -0.25) is 4.79 Å². The van der Waals surface area contributed by atoms with Gasteiger partial charge in [-0.05, 0) is 31.7 Å². The molecule has 4 heteroatoms. The molecule has 1 heterocycles. The Hall–Kier alpha value is -0.610. The first-order valence-electron chi connectivity index (χ1n) is 6.07. The van der Waals surface area contributed by atoms with Crippen molar-refractivity contribution in [1.82, 2.24) is 10.6 Å². The predicted octanol–water partition coefficient (Wildman–Crippen LogP) is 0.509. The van der Waals surface area contributed by atoms with Gasteiger partial charge in [0.25, 0.3) is 0 Å². The smallest absolute Gasteiger partial charge is 0.224 e. The summed E-state index contributed by atoms with van der Waals surface area (Å²) in [4.78, 5) is 11.8. The third kappa shape index (κ3) is 4.49. The fourth-order valence-corrected chi connectivity index (χ4v) is 2.22. The summed E-state index contributed by atoms with van der Waals surface area (Å²) in [6.45, 7) is 8.27. The zero-order valence-corrected chi connectivity index (χ0v) is 10.5. The highest BCUT2D eigenvalue weighted by Gasteiger charge is 2.25. The monoisotopic (exact) mass is 228 g/mol. The quantitative estimate of drug-likeness (QED) is 0.642. The van der Waals surface area contributed by atoms with Crippen molar-refractivity contribution in [3.8, 4) is 0 Å². The van der Waals surface area contributed by atoms with Crippen LogP contribution < -0.4 is 10.6 Å². The number of hydrogen-bond donors (Lipinski definition) is 3. The number of aliphatic hydroxyl groups is 1. The molecule has 16 heavy (non-hydrogen) atoms. The number of carbonyl (C=O) groups excluding carboxylic acids is 1. The van der Waals surface area contributed by atoms with Crippen LogP contribution in [0.5, 0.6) is 0 Å². The van der Waals surface area contributed by atoms with Crippen LogP contribution in [0.4, 0.5) is 0 Å². The van der Waals surface area contributed by atoms with Gasteiger partial charge in [0.1, 0.15) is 0 Å². The first-order valence-corrected chi connectivity index (χ1v) is 6.07. The van der Waals surface area contributed by atoms with Gasteiger partial charge in [-0.25, -0.2) is 0 Å². The topological polar surface area (TPSA) is 61.4 Å². The van der Waals surface area contributed by atoms with Crippen molar-refractivity contribution in [2.24, 2.45) is 11.3 Å². The summed E-state index contributed by atoms with van der Waals surface area (Å²) in [6, 6.07) is 0. The van der Waals surface area contributed by atoms with Crippen LogP contribution in [0.3, 0.4) is 0 Å². The summed E-state index contributed by atoms with van der Waals surface area (Å²) in [5, 5.41) is 15.5. The average molecular weight is 228 g/mol. The average Bonchev–Trinajstić information content (AvgIpc) is 2.64. The Balaban J connectivity index is 2.29. The molecular weight excluding hydrogens is 204 g/mol. The van der Waals surface area contributed by atoms with E-state index < -0.39 is 0 Å². The van der Waals surface area contributed by atoms with Crippen LogP contribution in [0.1, 0.15) is 33.6 Å². The maximum atomic E-state index is 11.8. The van der Waals surface area contributed by atoms with Crippen LogP contribution >= 0.6 is 0 Å². The second-order valence-corrected chi connectivity index (χ2v) is 5.62. The zero-order chi connectivity index (χ0) is 12.2. The standard InChI is InChI=1S/C12H24N2O2/c1-9(15)6-12(2,3)8-14-11(16)10-4-5-13-7-10/h9-10,13,15H,4-8H2,1-3H3,(H,14,16). The number of aliphatic hydroxyl groups excluding tert-OH is 1. The molecule has 3 N–H and O–H groups in total. The van der Waals surface area contributed by atoms with Crippen LogP contribution in [-0.2, 0) is 4.79 Å². The molecule has 1 amide bonds. The van der Waals surface area contributed by atoms with Crippen molar-refractivity contribution in [1.29, 1.82) is 0 Å². The Morgan fingerprint density at radius 1 is 1.62 bits per heavy atom. The van der Waals surface area contributed by atoms with Crippen molar-refractivity contribution >= 4 is 5.91 Å². The first kappa shape index (κ1) is 13.5. The van der Waals surface area contributed by atoms with E-state index in [1.807, 2.05) is 0 Å². The molecular formula is C12H24N2O2. The minimum Gasteiger partial charge on any atom is -0.393 e. The van der Waals surface area contributed by atoms with Crippen LogP contribution in [0.15, 0.2) is 0 Å². The van der Waals surface area contributed by atoms with E-state index in [2.05, 4.69) is 24.5 Å². The highest BCUT2D eigenvalue weighted by Crippen LogP contribution is 2.21. The fraction of sp³-hybridized carbons (Fsp3) is 0.917. The Morgan fingerprint density at radius 2 is 2.31 bits per heavy atom. The van der Waals surface area contributed by atoms with Gasteiger partial charge in [-0.2, -0.15) is 0 Å². The molecule has 0 radical (unpaired) electrons. The van der Waals surface area contributed by atoms with Gasteiger partial charge in [0.05, 0.1) is 12.0 Å². The molecule has 0 bridgehead atoms. The van der Waals surface area contributed by atoms with Crippen molar-refractivity contribution in [3.63, 3.8) is 0 Å². The van der Waals surface area contributed by atoms with Gasteiger partial charge in [0, 0.05) is 13.1 Å². The van der Waals surface area contributed by atoms with Gasteiger partial charge in [-0.1, -0.05) is 13.8 Å². The number of nitrogens with one attached hydrogen (secondary N) is 2. The molecule has 0 aromatic carbocycles. The van der Waals surface area contributed by atoms with E-state index in [4.69, 9.17) is 0 Å². The Labute approximate surface area is 97.8 Å². The van der Waals surface area contributed by atoms with Crippen molar-refractivity contribution in [2.45, 2.75) is 39.7 Å². The third-order valence-electron chi connectivity index (χ3n) is 3.02. The van der Waals surface area contributed by atoms with E-state index in [-0.39, 0.29) is 23.3 Å². The lowest BCUT2D eigenvalue weighted by atomic mass is 9.87. The fourth-order valence-electron chi connectivity index (χ4n) is 2.22. The van der Waals surface area contributed by atoms with E-state index in [0.717, 1.165) is 19.5 Å². The molecule has 1 saturated heterocycles. The molecule has 0 aliphatic carbocycles. The molecule has 2 atom stereocenters. The summed E-state index contributed by atoms with van der Waals surface area (Å²) in [5.74, 6) is 0.269. The number of amides is 1. The second kappa shape index (κ2) is 5.64. The first-order chi connectivity index (χ1) is 7.41. The molecule has 94 valence electrons. The van der Waals surface area contributed by atoms with E-state index in [0.29, 0.717) is 13.0 Å². The molecule has 0 spiro atoms. The minimum atomic E-state index is -0.319. The highest BCUT2D eigenvalue weighted by molar-refractivity contribution is 5.79. The lowest BCUT2D eigenvalue weighted by Crippen LogP contribution is -2.39. The lowest BCUT2D eigenvalue weighted by Gasteiger charge is -2.27. The molecule has 0 saturated carbocycles. The van der Waals surface area contributed by atoms with Crippen LogP contribution in [0, 0.1) is 11.3 Å². The van der Waals surface area contributed by atoms with E-state index in [1.165, 1.54) is 0 Å². The molecule has 1 aliphatic rings. The number of hydrogen-bond acceptors (Lipinski definition) is 3. The van der Waals surface area contributed by atoms with Crippen LogP contribution in [0.25, 0.3) is 0 Å². The largest absolute Gasteiger partial charge is 0.393 e. The van der Waals surface area contributed by atoms with Crippen LogP contribution in [-0.4, -0.2) is 36.8 Å². The van der Waals surface area contributed by atoms with E-state index in [1.54, 1.807) is 6.92 Å². The summed E-state index contributed by atoms with van der Waals surface area (Å²) in [7, 11) is 0. The predicted molar refractivity (Wildman–Crippen MR) is 64.1 cm³/mol. The number of rotatable bonds is 5. The summed E-state index contributed by atoms with van der Waals surface area (Å²) in [6.07, 6.45) is 1.32. The van der Waals surface area contributed by atoms with Gasteiger partial charge < -0.3 is 15.7 Å². The highest BCUT2D eigenvalue weighted by atomic mass is 16.3. The molecule has 4 nitrogen and oxygen atoms in total. The van der Waals surface area contributed by atoms with Gasteiger partial charge >= 0.3 is 0 Å². The molecule has 1 rings (SSSR count). The minimum absolute atomic E-state index is 0.0458. The molecule has 1 fully saturated rings. The molecule has 0 aromatic heterocycles. The lowest BCUT2D eigenvalue weighted by molar-refractivity contribution is -0.124. The zero-order valence-electron chi connectivity index (χ0n) is 10.5. The van der Waals surface area contributed by atoms with E-state index >= 15 is 0 Å². The third-order valence-corrected chi connectivity index (χ3v) is 3.02. The maximum Gasteiger partial charge on any atom is 0.224 e. The van der Waals surface area contributed by atoms with E-state index in [9.17, 15) is 9.90 Å². The van der Waals surface area contributed by atoms with Gasteiger partial charge in [-0.15, -0.1) is 0 Å². The van der Waals surface area contributed by atoms with Gasteiger partial charge in [0.15, 0.2) is 0 Å². The normalized spacial score (nSPS) is 23.1. The van der Waals surface area contributed by atoms with Crippen LogP contribution in [0.2, 0.25) is 0 Å². The Kier molecular flexibility index (Phi) is 4.74. The molecule has 0 aromatic rings. The Bertz CT molecular complexity index is 233. The Morgan fingerprint density at radius 3 is 2.81 bits per heavy atom.